The molecular weight excluding hydrogens is 294 g/mol. The van der Waals surface area contributed by atoms with Crippen LogP contribution in [0.1, 0.15) is 18.5 Å². The van der Waals surface area contributed by atoms with Crippen LogP contribution in [0.4, 0.5) is 0 Å². The quantitative estimate of drug-likeness (QED) is 0.911. The van der Waals surface area contributed by atoms with Crippen LogP contribution in [0.5, 0.6) is 0 Å². The minimum atomic E-state index is -0.613. The van der Waals surface area contributed by atoms with Crippen molar-refractivity contribution in [2.24, 2.45) is 5.73 Å². The summed E-state index contributed by atoms with van der Waals surface area (Å²) >= 11 is 1.58. The summed E-state index contributed by atoms with van der Waals surface area (Å²) in [5.74, 6) is -0.0678. The summed E-state index contributed by atoms with van der Waals surface area (Å²) < 4.78 is 0. The lowest BCUT2D eigenvalue weighted by Crippen LogP contribution is -2.42. The Morgan fingerprint density at radius 3 is 2.70 bits per heavy atom. The molecule has 3 N–H and O–H groups in total. The molecule has 0 spiro atoms. The Morgan fingerprint density at radius 1 is 1.35 bits per heavy atom. The first-order valence-corrected chi connectivity index (χ1v) is 7.12. The molecule has 6 heteroatoms. The largest absolute Gasteiger partial charge is 0.349 e. The predicted molar refractivity (Wildman–Crippen MR) is 82.8 cm³/mol. The molecule has 1 aliphatic rings. The number of benzene rings is 1. The lowest BCUT2D eigenvalue weighted by atomic mass is 10.2. The van der Waals surface area contributed by atoms with Crippen LogP contribution in [0.3, 0.4) is 0 Å². The molecule has 1 aromatic heterocycles. The fourth-order valence-corrected chi connectivity index (χ4v) is 2.64. The molecule has 2 aromatic rings. The van der Waals surface area contributed by atoms with E-state index in [4.69, 9.17) is 5.73 Å². The zero-order chi connectivity index (χ0) is 13.3. The van der Waals surface area contributed by atoms with Gasteiger partial charge in [0.05, 0.1) is 17.8 Å². The van der Waals surface area contributed by atoms with E-state index in [1.54, 1.807) is 11.3 Å². The summed E-state index contributed by atoms with van der Waals surface area (Å²) in [5, 5.41) is 5.79. The van der Waals surface area contributed by atoms with Gasteiger partial charge in [-0.3, -0.25) is 4.79 Å². The minimum absolute atomic E-state index is 0. The van der Waals surface area contributed by atoms with E-state index in [-0.39, 0.29) is 18.3 Å². The summed E-state index contributed by atoms with van der Waals surface area (Å²) in [4.78, 5) is 16.2. The molecular formula is C14H16ClN3OS. The van der Waals surface area contributed by atoms with Crippen molar-refractivity contribution < 1.29 is 4.79 Å². The molecule has 0 unspecified atom stereocenters. The number of nitrogens with one attached hydrogen (secondary N) is 1. The van der Waals surface area contributed by atoms with Crippen molar-refractivity contribution in [1.29, 1.82) is 0 Å². The maximum Gasteiger partial charge on any atom is 0.240 e. The molecule has 0 saturated heterocycles. The summed E-state index contributed by atoms with van der Waals surface area (Å²) in [5.41, 5.74) is 7.18. The smallest absolute Gasteiger partial charge is 0.240 e. The highest BCUT2D eigenvalue weighted by Gasteiger charge is 2.45. The SMILES string of the molecule is Cl.NC1(C(=O)NCc2csc(-c3ccccc3)n2)CC1. The molecule has 1 heterocycles. The molecule has 0 radical (unpaired) electrons. The van der Waals surface area contributed by atoms with Gasteiger partial charge in [0.15, 0.2) is 0 Å². The van der Waals surface area contributed by atoms with Crippen molar-refractivity contribution in [2.45, 2.75) is 24.9 Å². The van der Waals surface area contributed by atoms with E-state index in [2.05, 4.69) is 10.3 Å². The number of hydrogen-bond donors (Lipinski definition) is 2. The van der Waals surface area contributed by atoms with Gasteiger partial charge >= 0.3 is 0 Å². The number of carbonyl (C=O) groups excluding carboxylic acids is 1. The third kappa shape index (κ3) is 3.17. The van der Waals surface area contributed by atoms with Crippen molar-refractivity contribution in [1.82, 2.24) is 10.3 Å². The van der Waals surface area contributed by atoms with Crippen LogP contribution >= 0.6 is 23.7 Å². The Bertz CT molecular complexity index is 595. The van der Waals surface area contributed by atoms with Gasteiger partial charge in [-0.05, 0) is 12.8 Å². The maximum absolute atomic E-state index is 11.7. The number of hydrogen-bond acceptors (Lipinski definition) is 4. The van der Waals surface area contributed by atoms with Crippen molar-refractivity contribution >= 4 is 29.7 Å². The predicted octanol–water partition coefficient (Wildman–Crippen LogP) is 2.34. The molecule has 1 saturated carbocycles. The Morgan fingerprint density at radius 2 is 2.05 bits per heavy atom. The number of nitrogens with zero attached hydrogens (tertiary/aromatic N) is 1. The highest BCUT2D eigenvalue weighted by atomic mass is 35.5. The van der Waals surface area contributed by atoms with Crippen LogP contribution < -0.4 is 11.1 Å². The van der Waals surface area contributed by atoms with Gasteiger partial charge in [0, 0.05) is 10.9 Å². The van der Waals surface area contributed by atoms with Gasteiger partial charge in [0.1, 0.15) is 5.01 Å². The first kappa shape index (κ1) is 15.0. The number of carbonyl (C=O) groups is 1. The van der Waals surface area contributed by atoms with Crippen molar-refractivity contribution in [3.63, 3.8) is 0 Å². The zero-order valence-electron chi connectivity index (χ0n) is 10.8. The normalized spacial score (nSPS) is 15.2. The second-order valence-electron chi connectivity index (χ2n) is 4.85. The summed E-state index contributed by atoms with van der Waals surface area (Å²) in [6.07, 6.45) is 1.57. The van der Waals surface area contributed by atoms with Gasteiger partial charge in [-0.25, -0.2) is 4.98 Å². The molecule has 4 nitrogen and oxygen atoms in total. The first-order chi connectivity index (χ1) is 9.17. The van der Waals surface area contributed by atoms with E-state index in [0.717, 1.165) is 29.1 Å². The first-order valence-electron chi connectivity index (χ1n) is 6.24. The summed E-state index contributed by atoms with van der Waals surface area (Å²) in [7, 11) is 0. The van der Waals surface area contributed by atoms with E-state index in [1.807, 2.05) is 35.7 Å². The third-order valence-electron chi connectivity index (χ3n) is 3.24. The van der Waals surface area contributed by atoms with Gasteiger partial charge in [-0.1, -0.05) is 30.3 Å². The van der Waals surface area contributed by atoms with Crippen LogP contribution in [0, 0.1) is 0 Å². The van der Waals surface area contributed by atoms with Crippen molar-refractivity contribution in [2.75, 3.05) is 0 Å². The topological polar surface area (TPSA) is 68.0 Å². The van der Waals surface area contributed by atoms with Gasteiger partial charge in [-0.2, -0.15) is 0 Å². The van der Waals surface area contributed by atoms with E-state index < -0.39 is 5.54 Å². The number of nitrogens with two attached hydrogens (primary N) is 1. The minimum Gasteiger partial charge on any atom is -0.349 e. The fraction of sp³-hybridized carbons (Fsp3) is 0.286. The highest BCUT2D eigenvalue weighted by molar-refractivity contribution is 7.13. The van der Waals surface area contributed by atoms with E-state index in [9.17, 15) is 4.79 Å². The number of thiazole rings is 1. The van der Waals surface area contributed by atoms with Crippen LogP contribution in [0.15, 0.2) is 35.7 Å². The lowest BCUT2D eigenvalue weighted by molar-refractivity contribution is -0.123. The van der Waals surface area contributed by atoms with E-state index in [0.29, 0.717) is 6.54 Å². The summed E-state index contributed by atoms with van der Waals surface area (Å²) in [6, 6.07) is 10.0. The standard InChI is InChI=1S/C14H15N3OS.ClH/c15-14(6-7-14)13(18)16-8-11-9-19-12(17-11)10-4-2-1-3-5-10;/h1-5,9H,6-8,15H2,(H,16,18);1H. The molecule has 3 rings (SSSR count). The third-order valence-corrected chi connectivity index (χ3v) is 4.18. The van der Waals surface area contributed by atoms with Crippen LogP contribution in [0.2, 0.25) is 0 Å². The average molecular weight is 310 g/mol. The second kappa shape index (κ2) is 5.91. The Kier molecular flexibility index (Phi) is 4.42. The van der Waals surface area contributed by atoms with Crippen LogP contribution in [-0.2, 0) is 11.3 Å². The number of amides is 1. The number of halogens is 1. The maximum atomic E-state index is 11.7. The number of rotatable bonds is 4. The molecule has 1 amide bonds. The second-order valence-corrected chi connectivity index (χ2v) is 5.71. The van der Waals surface area contributed by atoms with Gasteiger partial charge in [0.25, 0.3) is 0 Å². The van der Waals surface area contributed by atoms with Crippen LogP contribution in [-0.4, -0.2) is 16.4 Å². The Hall–Kier alpha value is -1.43. The molecule has 106 valence electrons. The Labute approximate surface area is 127 Å². The zero-order valence-corrected chi connectivity index (χ0v) is 12.5. The molecule has 0 aliphatic heterocycles. The van der Waals surface area contributed by atoms with Gasteiger partial charge in [-0.15, -0.1) is 23.7 Å². The fourth-order valence-electron chi connectivity index (χ4n) is 1.81. The molecule has 20 heavy (non-hydrogen) atoms. The molecule has 1 fully saturated rings. The average Bonchev–Trinajstić information content (AvgIpc) is 3.03. The van der Waals surface area contributed by atoms with Crippen molar-refractivity contribution in [3.05, 3.63) is 41.4 Å². The van der Waals surface area contributed by atoms with Crippen molar-refractivity contribution in [3.8, 4) is 10.6 Å². The summed E-state index contributed by atoms with van der Waals surface area (Å²) in [6.45, 7) is 0.446. The van der Waals surface area contributed by atoms with Gasteiger partial charge in [0.2, 0.25) is 5.91 Å². The van der Waals surface area contributed by atoms with E-state index >= 15 is 0 Å². The molecule has 1 aliphatic carbocycles. The lowest BCUT2D eigenvalue weighted by Gasteiger charge is -2.08. The number of aromatic nitrogens is 1. The highest BCUT2D eigenvalue weighted by Crippen LogP contribution is 2.32. The Balaban J connectivity index is 0.00000147. The van der Waals surface area contributed by atoms with E-state index in [1.165, 1.54) is 0 Å². The molecule has 0 atom stereocenters. The van der Waals surface area contributed by atoms with Gasteiger partial charge < -0.3 is 11.1 Å². The molecule has 1 aromatic carbocycles. The van der Waals surface area contributed by atoms with Crippen LogP contribution in [0.25, 0.3) is 10.6 Å². The monoisotopic (exact) mass is 309 g/mol. The molecule has 0 bridgehead atoms.